The quantitative estimate of drug-likeness (QED) is 0.109. The maximum absolute atomic E-state index is 6.58. The predicted molar refractivity (Wildman–Crippen MR) is 225 cm³/mol. The van der Waals surface area contributed by atoms with Crippen molar-refractivity contribution in [3.63, 3.8) is 0 Å². The number of allylic oxidation sites excluding steroid dienone is 1. The number of hydrogen-bond donors (Lipinski definition) is 0. The molecule has 2 aromatic heterocycles. The summed E-state index contributed by atoms with van der Waals surface area (Å²) in [5, 5.41) is 3.40. The zero-order chi connectivity index (χ0) is 38.2. The van der Waals surface area contributed by atoms with Crippen LogP contribution in [0, 0.1) is 47.3 Å². The van der Waals surface area contributed by atoms with Gasteiger partial charge in [-0.25, -0.2) is 4.89 Å². The first-order valence-corrected chi connectivity index (χ1v) is 22.9. The average molecular weight is 846 g/mol. The molecule has 11 heteroatoms. The van der Waals surface area contributed by atoms with E-state index in [4.69, 9.17) is 63.5 Å². The van der Waals surface area contributed by atoms with Gasteiger partial charge in [-0.05, 0) is 154 Å². The first kappa shape index (κ1) is 38.8. The highest BCUT2D eigenvalue weighted by Crippen LogP contribution is 2.70. The summed E-state index contributed by atoms with van der Waals surface area (Å²) < 4.78 is 25.2. The molecule has 0 N–H and O–H groups in total. The summed E-state index contributed by atoms with van der Waals surface area (Å²) >= 11 is 21.6. The predicted octanol–water partition coefficient (Wildman–Crippen LogP) is 13.1. The van der Waals surface area contributed by atoms with Crippen LogP contribution in [0.2, 0.25) is 10.0 Å². The van der Waals surface area contributed by atoms with E-state index in [1.807, 2.05) is 26.2 Å². The van der Waals surface area contributed by atoms with E-state index in [2.05, 4.69) is 24.3 Å². The van der Waals surface area contributed by atoms with Gasteiger partial charge in [0.15, 0.2) is 5.60 Å². The lowest BCUT2D eigenvalue weighted by Crippen LogP contribution is -2.76. The number of thiophene rings is 2. The summed E-state index contributed by atoms with van der Waals surface area (Å²) in [6, 6.07) is 12.3. The Balaban J connectivity index is 0.000000135. The maximum atomic E-state index is 6.58. The Bertz CT molecular complexity index is 2050. The number of ether oxygens (including phenoxy) is 4. The number of benzene rings is 2. The number of alkyl halides is 1. The Hall–Kier alpha value is -1.75. The van der Waals surface area contributed by atoms with Crippen LogP contribution in [0.15, 0.2) is 42.0 Å². The van der Waals surface area contributed by atoms with Crippen molar-refractivity contribution in [1.29, 1.82) is 0 Å². The Morgan fingerprint density at radius 1 is 0.691 bits per heavy atom. The Labute approximate surface area is 347 Å². The molecule has 4 aromatic rings. The largest absolute Gasteiger partial charge is 0.495 e. The highest BCUT2D eigenvalue weighted by molar-refractivity contribution is 7.20. The summed E-state index contributed by atoms with van der Waals surface area (Å²) in [5.41, 5.74) is 1.25. The number of halogens is 3. The van der Waals surface area contributed by atoms with Crippen LogP contribution in [0.1, 0.15) is 80.9 Å². The van der Waals surface area contributed by atoms with Gasteiger partial charge in [0.2, 0.25) is 0 Å². The Morgan fingerprint density at radius 2 is 1.18 bits per heavy atom. The molecule has 1 spiro atoms. The second-order valence-corrected chi connectivity index (χ2v) is 20.3. The summed E-state index contributed by atoms with van der Waals surface area (Å²) in [7, 11) is 6.89. The first-order chi connectivity index (χ1) is 26.7. The van der Waals surface area contributed by atoms with E-state index in [9.17, 15) is 0 Å². The SMILES string of the molecule is CCCl.COC(=C1C2CC3CC(C2)CC1C3)c1cc2c(Cl)c(OC)ccc2s1.COc1ccc2sc(C3(OC)OOC34C3CC5CC(C3)CC4C5)cc2c1Cl. The zero-order valence-corrected chi connectivity index (χ0v) is 36.2. The van der Waals surface area contributed by atoms with Gasteiger partial charge in [-0.3, -0.25) is 0 Å². The summed E-state index contributed by atoms with van der Waals surface area (Å²) in [6.45, 7) is 1.89. The average Bonchev–Trinajstić information content (AvgIpc) is 3.80. The molecule has 1 aliphatic heterocycles. The lowest BCUT2D eigenvalue weighted by Gasteiger charge is -2.68. The Kier molecular flexibility index (Phi) is 10.7. The number of fused-ring (bicyclic) bond motifs is 2. The van der Waals surface area contributed by atoms with Gasteiger partial charge in [-0.1, -0.05) is 30.1 Å². The molecular weight excluding hydrogens is 795 g/mol. The van der Waals surface area contributed by atoms with E-state index >= 15 is 0 Å². The molecule has 296 valence electrons. The van der Waals surface area contributed by atoms with Crippen molar-refractivity contribution in [2.75, 3.05) is 34.3 Å². The van der Waals surface area contributed by atoms with Crippen LogP contribution >= 0.6 is 57.5 Å². The van der Waals surface area contributed by atoms with Crippen molar-refractivity contribution in [3.8, 4) is 11.5 Å². The lowest BCUT2D eigenvalue weighted by atomic mass is 9.47. The minimum absolute atomic E-state index is 0.355. The summed E-state index contributed by atoms with van der Waals surface area (Å²) in [5.74, 6) is 8.60. The van der Waals surface area contributed by atoms with E-state index in [1.54, 1.807) is 49.6 Å². The van der Waals surface area contributed by atoms with Gasteiger partial charge in [0.25, 0.3) is 5.79 Å². The number of hydrogen-bond acceptors (Lipinski definition) is 8. The number of rotatable bonds is 6. The molecule has 3 heterocycles. The maximum Gasteiger partial charge on any atom is 0.269 e. The van der Waals surface area contributed by atoms with Gasteiger partial charge in [-0.15, -0.1) is 34.3 Å². The molecule has 55 heavy (non-hydrogen) atoms. The third-order valence-corrected chi connectivity index (χ3v) is 17.2. The first-order valence-electron chi connectivity index (χ1n) is 20.0. The second-order valence-electron chi connectivity index (χ2n) is 16.9. The van der Waals surface area contributed by atoms with Crippen LogP contribution < -0.4 is 9.47 Å². The zero-order valence-electron chi connectivity index (χ0n) is 32.3. The molecule has 6 nitrogen and oxygen atoms in total. The molecule has 1 unspecified atom stereocenters. The molecule has 0 amide bonds. The smallest absolute Gasteiger partial charge is 0.269 e. The van der Waals surface area contributed by atoms with Gasteiger partial charge >= 0.3 is 0 Å². The van der Waals surface area contributed by atoms with Gasteiger partial charge < -0.3 is 18.9 Å². The van der Waals surface area contributed by atoms with Crippen LogP contribution in [-0.4, -0.2) is 39.9 Å². The van der Waals surface area contributed by atoms with E-state index in [0.717, 1.165) is 73.2 Å². The molecule has 8 bridgehead atoms. The van der Waals surface area contributed by atoms with Crippen molar-refractivity contribution in [2.45, 2.75) is 82.5 Å². The fraction of sp³-hybridized carbons (Fsp3) is 0.591. The standard InChI is InChI=1S/C21H23ClO4S.C21H23ClO2S.C2H5Cl/c1-23-16-3-4-17-15(19(16)22)10-18(27-17)21(24-2)20(25-26-21)13-6-11-5-12(8-13)9-14(20)7-11;1-23-16-3-4-17-15(20(16)22)10-18(25-17)21(24-2)19-13-6-11-5-12(8-13)9-14(19)7-11;1-2-3/h3-4,10-14H,5-9H2,1-2H3;3-4,10-14H,5-9H2,1-2H3;2H2,1H3. The fourth-order valence-electron chi connectivity index (χ4n) is 12.4. The van der Waals surface area contributed by atoms with Crippen LogP contribution in [0.25, 0.3) is 25.9 Å². The third-order valence-electron chi connectivity index (χ3n) is 14.1. The van der Waals surface area contributed by atoms with Crippen molar-refractivity contribution < 1.29 is 28.7 Å². The highest BCUT2D eigenvalue weighted by Gasteiger charge is 2.77. The van der Waals surface area contributed by atoms with Crippen LogP contribution in [0.5, 0.6) is 11.5 Å². The summed E-state index contributed by atoms with van der Waals surface area (Å²) in [4.78, 5) is 14.2. The topological polar surface area (TPSA) is 55.4 Å². The third kappa shape index (κ3) is 6.08. The van der Waals surface area contributed by atoms with Crippen LogP contribution in [0.3, 0.4) is 0 Å². The van der Waals surface area contributed by atoms with Gasteiger partial charge in [0.05, 0.1) is 41.1 Å². The van der Waals surface area contributed by atoms with Gasteiger partial charge in [-0.2, -0.15) is 4.89 Å². The Morgan fingerprint density at radius 3 is 1.64 bits per heavy atom. The van der Waals surface area contributed by atoms with Crippen molar-refractivity contribution in [2.24, 2.45) is 47.3 Å². The summed E-state index contributed by atoms with van der Waals surface area (Å²) in [6.07, 6.45) is 13.3. The normalized spacial score (nSPS) is 34.7. The van der Waals surface area contributed by atoms with E-state index in [-0.39, 0.29) is 5.60 Å². The van der Waals surface area contributed by atoms with Crippen LogP contribution in [-0.2, 0) is 25.0 Å². The van der Waals surface area contributed by atoms with Gasteiger partial charge in [0, 0.05) is 33.2 Å². The second kappa shape index (κ2) is 15.1. The highest BCUT2D eigenvalue weighted by atomic mass is 35.5. The van der Waals surface area contributed by atoms with Crippen molar-refractivity contribution in [3.05, 3.63) is 61.8 Å². The number of methoxy groups -OCH3 is 4. The van der Waals surface area contributed by atoms with Crippen LogP contribution in [0.4, 0.5) is 0 Å². The molecule has 9 fully saturated rings. The molecule has 2 aromatic carbocycles. The van der Waals surface area contributed by atoms with E-state index < -0.39 is 5.79 Å². The minimum atomic E-state index is -0.824. The van der Waals surface area contributed by atoms with Gasteiger partial charge in [0.1, 0.15) is 17.3 Å². The molecule has 13 rings (SSSR count). The molecule has 8 saturated carbocycles. The van der Waals surface area contributed by atoms with Crippen molar-refractivity contribution >= 4 is 83.4 Å². The minimum Gasteiger partial charge on any atom is -0.495 e. The molecule has 1 saturated heterocycles. The monoisotopic (exact) mass is 844 g/mol. The van der Waals surface area contributed by atoms with E-state index in [1.165, 1.54) is 73.8 Å². The van der Waals surface area contributed by atoms with Crippen molar-refractivity contribution in [1.82, 2.24) is 0 Å². The molecule has 9 aliphatic rings. The molecule has 1 atom stereocenters. The fourth-order valence-corrected chi connectivity index (χ4v) is 15.5. The molecular formula is C44H51Cl3O6S2. The lowest BCUT2D eigenvalue weighted by molar-refractivity contribution is -0.644. The molecule has 0 radical (unpaired) electrons. The molecule has 8 aliphatic carbocycles. The van der Waals surface area contributed by atoms with E-state index in [0.29, 0.717) is 27.6 Å².